The largest absolute Gasteiger partial charge is 0.416 e. The third-order valence-corrected chi connectivity index (χ3v) is 3.28. The highest BCUT2D eigenvalue weighted by atomic mass is 19.4. The first-order valence-corrected chi connectivity index (χ1v) is 6.73. The summed E-state index contributed by atoms with van der Waals surface area (Å²) >= 11 is 0. The number of aromatic nitrogens is 2. The molecular formula is C15H16F3N3O. The van der Waals surface area contributed by atoms with E-state index in [0.717, 1.165) is 6.07 Å². The number of carbonyl (C=O) groups is 1. The molecule has 0 aliphatic carbocycles. The molecular weight excluding hydrogens is 295 g/mol. The molecule has 0 bridgehead atoms. The van der Waals surface area contributed by atoms with Gasteiger partial charge in [0.05, 0.1) is 5.56 Å². The van der Waals surface area contributed by atoms with Crippen LogP contribution in [0.2, 0.25) is 0 Å². The number of hydrogen-bond acceptors (Lipinski definition) is 2. The van der Waals surface area contributed by atoms with E-state index >= 15 is 0 Å². The van der Waals surface area contributed by atoms with E-state index < -0.39 is 17.8 Å². The average molecular weight is 311 g/mol. The van der Waals surface area contributed by atoms with Gasteiger partial charge in [-0.25, -0.2) is 0 Å². The van der Waals surface area contributed by atoms with Crippen molar-refractivity contribution < 1.29 is 18.0 Å². The van der Waals surface area contributed by atoms with Gasteiger partial charge in [-0.2, -0.15) is 18.3 Å². The van der Waals surface area contributed by atoms with Crippen LogP contribution in [0, 0.1) is 0 Å². The highest BCUT2D eigenvalue weighted by molar-refractivity contribution is 5.92. The van der Waals surface area contributed by atoms with Gasteiger partial charge in [0.25, 0.3) is 5.91 Å². The maximum absolute atomic E-state index is 12.9. The number of amides is 1. The summed E-state index contributed by atoms with van der Waals surface area (Å²) in [4.78, 5) is 12.0. The minimum absolute atomic E-state index is 0.0965. The van der Waals surface area contributed by atoms with Gasteiger partial charge in [0.1, 0.15) is 5.69 Å². The lowest BCUT2D eigenvalue weighted by molar-refractivity contribution is -0.138. The van der Waals surface area contributed by atoms with Crippen molar-refractivity contribution in [3.05, 3.63) is 53.3 Å². The molecule has 0 saturated heterocycles. The van der Waals surface area contributed by atoms with E-state index in [-0.39, 0.29) is 17.9 Å². The number of alkyl halides is 3. The Labute approximate surface area is 125 Å². The normalized spacial score (nSPS) is 13.0. The van der Waals surface area contributed by atoms with E-state index in [9.17, 15) is 18.0 Å². The molecule has 0 aliphatic heterocycles. The maximum Gasteiger partial charge on any atom is 0.416 e. The van der Waals surface area contributed by atoms with Crippen LogP contribution >= 0.6 is 0 Å². The highest BCUT2D eigenvalue weighted by Gasteiger charge is 2.33. The number of hydrogen-bond donors (Lipinski definition) is 1. The zero-order valence-corrected chi connectivity index (χ0v) is 12.2. The Bertz CT molecular complexity index is 664. The molecule has 118 valence electrons. The first-order chi connectivity index (χ1) is 10.3. The third kappa shape index (κ3) is 3.66. The Morgan fingerprint density at radius 2 is 2.00 bits per heavy atom. The van der Waals surface area contributed by atoms with Crippen LogP contribution < -0.4 is 5.32 Å². The molecule has 2 aromatic rings. The van der Waals surface area contributed by atoms with Crippen molar-refractivity contribution in [2.24, 2.45) is 7.05 Å². The van der Waals surface area contributed by atoms with Gasteiger partial charge in [0.2, 0.25) is 0 Å². The average Bonchev–Trinajstić information content (AvgIpc) is 2.84. The minimum Gasteiger partial charge on any atom is -0.348 e. The Balaban J connectivity index is 2.09. The lowest BCUT2D eigenvalue weighted by Gasteiger charge is -2.17. The van der Waals surface area contributed by atoms with Crippen LogP contribution in [0.1, 0.15) is 28.5 Å². The van der Waals surface area contributed by atoms with E-state index in [2.05, 4.69) is 10.4 Å². The Hall–Kier alpha value is -2.31. The quantitative estimate of drug-likeness (QED) is 0.944. The molecule has 2 rings (SSSR count). The second-order valence-corrected chi connectivity index (χ2v) is 5.07. The molecule has 1 heterocycles. The molecule has 0 radical (unpaired) electrons. The summed E-state index contributed by atoms with van der Waals surface area (Å²) in [5, 5.41) is 6.57. The summed E-state index contributed by atoms with van der Waals surface area (Å²) in [5.74, 6) is -0.364. The standard InChI is InChI=1S/C15H16F3N3O/c1-10(20-14(22)13-7-8-19-21(13)2)9-11-5-3-4-6-12(11)15(16,17)18/h3-8,10H,9H2,1-2H3,(H,20,22)/t10-/m1/s1. The van der Waals surface area contributed by atoms with E-state index in [1.165, 1.54) is 23.0 Å². The van der Waals surface area contributed by atoms with Gasteiger partial charge in [-0.15, -0.1) is 0 Å². The number of rotatable bonds is 4. The Morgan fingerprint density at radius 3 is 2.59 bits per heavy atom. The second-order valence-electron chi connectivity index (χ2n) is 5.07. The molecule has 7 heteroatoms. The molecule has 0 aliphatic rings. The highest BCUT2D eigenvalue weighted by Crippen LogP contribution is 2.32. The van der Waals surface area contributed by atoms with Gasteiger partial charge in [0, 0.05) is 19.3 Å². The van der Waals surface area contributed by atoms with Crippen molar-refractivity contribution in [3.8, 4) is 0 Å². The smallest absolute Gasteiger partial charge is 0.348 e. The second kappa shape index (κ2) is 6.21. The summed E-state index contributed by atoms with van der Waals surface area (Å²) in [5.41, 5.74) is -0.152. The zero-order chi connectivity index (χ0) is 16.3. The molecule has 4 nitrogen and oxygen atoms in total. The Kier molecular flexibility index (Phi) is 4.54. The maximum atomic E-state index is 12.9. The summed E-state index contributed by atoms with van der Waals surface area (Å²) in [6.07, 6.45) is -2.82. The molecule has 0 saturated carbocycles. The van der Waals surface area contributed by atoms with Gasteiger partial charge in [-0.1, -0.05) is 18.2 Å². The van der Waals surface area contributed by atoms with Crippen LogP contribution in [0.5, 0.6) is 0 Å². The van der Waals surface area contributed by atoms with Gasteiger partial charge < -0.3 is 5.32 Å². The molecule has 1 aromatic carbocycles. The van der Waals surface area contributed by atoms with E-state index in [4.69, 9.17) is 0 Å². The molecule has 1 N–H and O–H groups in total. The van der Waals surface area contributed by atoms with Gasteiger partial charge in [0.15, 0.2) is 0 Å². The van der Waals surface area contributed by atoms with Gasteiger partial charge >= 0.3 is 6.18 Å². The first-order valence-electron chi connectivity index (χ1n) is 6.73. The number of carbonyl (C=O) groups excluding carboxylic acids is 1. The first kappa shape index (κ1) is 16.1. The SMILES string of the molecule is C[C@H](Cc1ccccc1C(F)(F)F)NC(=O)c1ccnn1C. The van der Waals surface area contributed by atoms with Crippen molar-refractivity contribution in [2.45, 2.75) is 25.6 Å². The monoisotopic (exact) mass is 311 g/mol. The zero-order valence-electron chi connectivity index (χ0n) is 12.2. The van der Waals surface area contributed by atoms with Gasteiger partial charge in [-0.3, -0.25) is 9.48 Å². The number of benzene rings is 1. The van der Waals surface area contributed by atoms with Gasteiger partial charge in [-0.05, 0) is 31.0 Å². The van der Waals surface area contributed by atoms with Crippen LogP contribution in [0.25, 0.3) is 0 Å². The van der Waals surface area contributed by atoms with E-state index in [0.29, 0.717) is 5.69 Å². The van der Waals surface area contributed by atoms with Crippen LogP contribution in [-0.2, 0) is 19.6 Å². The molecule has 1 amide bonds. The Morgan fingerprint density at radius 1 is 1.32 bits per heavy atom. The molecule has 1 atom stereocenters. The van der Waals surface area contributed by atoms with Crippen molar-refractivity contribution in [2.75, 3.05) is 0 Å². The lowest BCUT2D eigenvalue weighted by atomic mass is 10.0. The summed E-state index contributed by atoms with van der Waals surface area (Å²) in [6, 6.07) is 6.49. The topological polar surface area (TPSA) is 46.9 Å². The molecule has 22 heavy (non-hydrogen) atoms. The molecule has 0 spiro atoms. The molecule has 0 fully saturated rings. The number of nitrogens with zero attached hydrogens (tertiary/aromatic N) is 2. The molecule has 1 aromatic heterocycles. The number of nitrogens with one attached hydrogen (secondary N) is 1. The number of halogens is 3. The van der Waals surface area contributed by atoms with Crippen LogP contribution in [0.15, 0.2) is 36.5 Å². The lowest BCUT2D eigenvalue weighted by Crippen LogP contribution is -2.35. The van der Waals surface area contributed by atoms with E-state index in [1.807, 2.05) is 0 Å². The van der Waals surface area contributed by atoms with Crippen LogP contribution in [0.3, 0.4) is 0 Å². The van der Waals surface area contributed by atoms with Crippen molar-refractivity contribution in [1.82, 2.24) is 15.1 Å². The van der Waals surface area contributed by atoms with Crippen LogP contribution in [-0.4, -0.2) is 21.7 Å². The predicted octanol–water partition coefficient (Wildman–Crippen LogP) is 2.80. The van der Waals surface area contributed by atoms with Crippen molar-refractivity contribution in [3.63, 3.8) is 0 Å². The third-order valence-electron chi connectivity index (χ3n) is 3.28. The minimum atomic E-state index is -4.40. The summed E-state index contributed by atoms with van der Waals surface area (Å²) in [7, 11) is 1.62. The summed E-state index contributed by atoms with van der Waals surface area (Å²) < 4.78 is 40.2. The molecule has 0 unspecified atom stereocenters. The van der Waals surface area contributed by atoms with E-state index in [1.54, 1.807) is 26.1 Å². The summed E-state index contributed by atoms with van der Waals surface area (Å²) in [6.45, 7) is 1.67. The number of aryl methyl sites for hydroxylation is 1. The fourth-order valence-corrected chi connectivity index (χ4v) is 2.25. The van der Waals surface area contributed by atoms with Crippen LogP contribution in [0.4, 0.5) is 13.2 Å². The fraction of sp³-hybridized carbons (Fsp3) is 0.333. The van der Waals surface area contributed by atoms with Crippen molar-refractivity contribution in [1.29, 1.82) is 0 Å². The van der Waals surface area contributed by atoms with Crippen molar-refractivity contribution >= 4 is 5.91 Å². The predicted molar refractivity (Wildman–Crippen MR) is 75.3 cm³/mol. The fourth-order valence-electron chi connectivity index (χ4n) is 2.25.